The first-order chi connectivity index (χ1) is 12.7. The first-order valence-corrected chi connectivity index (χ1v) is 9.83. The Bertz CT molecular complexity index is 815. The smallest absolute Gasteiger partial charge is 0.232 e. The van der Waals surface area contributed by atoms with Gasteiger partial charge in [0.2, 0.25) is 5.91 Å². The van der Waals surface area contributed by atoms with Gasteiger partial charge in [0.1, 0.15) is 0 Å². The number of fused-ring (bicyclic) bond motifs is 1. The standard InChI is InChI=1S/C21H25N3O2.ClH/c25-20(21-10-2-1-3-16(21)11-22-13-21)24-17-8-6-14(7-9-17)18-12-23-19(26-18)15-4-5-15;/h6-9,12,15-16,22H,1-5,10-11,13H2,(H,24,25);1H/t16-,21+;/m0./s1. The van der Waals surface area contributed by atoms with Crippen molar-refractivity contribution in [1.82, 2.24) is 10.3 Å². The minimum Gasteiger partial charge on any atom is -0.440 e. The van der Waals surface area contributed by atoms with Crippen molar-refractivity contribution in [3.63, 3.8) is 0 Å². The molecule has 1 saturated heterocycles. The van der Waals surface area contributed by atoms with E-state index in [1.165, 1.54) is 19.3 Å². The van der Waals surface area contributed by atoms with Crippen LogP contribution in [0.25, 0.3) is 11.3 Å². The van der Waals surface area contributed by atoms with E-state index in [0.29, 0.717) is 11.8 Å². The van der Waals surface area contributed by atoms with E-state index in [-0.39, 0.29) is 23.7 Å². The molecule has 0 bridgehead atoms. The maximum absolute atomic E-state index is 13.0. The van der Waals surface area contributed by atoms with Crippen LogP contribution < -0.4 is 10.6 Å². The minimum absolute atomic E-state index is 0. The Morgan fingerprint density at radius 1 is 1.19 bits per heavy atom. The fourth-order valence-corrected chi connectivity index (χ4v) is 4.60. The van der Waals surface area contributed by atoms with Gasteiger partial charge in [0, 0.05) is 23.7 Å². The van der Waals surface area contributed by atoms with Crippen molar-refractivity contribution in [3.05, 3.63) is 36.4 Å². The van der Waals surface area contributed by atoms with Gasteiger partial charge in [0.25, 0.3) is 0 Å². The molecule has 2 aliphatic carbocycles. The third-order valence-corrected chi connectivity index (χ3v) is 6.37. The van der Waals surface area contributed by atoms with Gasteiger partial charge in [-0.2, -0.15) is 0 Å². The number of carbonyl (C=O) groups is 1. The van der Waals surface area contributed by atoms with Gasteiger partial charge in [0.05, 0.1) is 11.6 Å². The van der Waals surface area contributed by atoms with Crippen LogP contribution in [0, 0.1) is 11.3 Å². The Hall–Kier alpha value is -1.85. The molecule has 1 aromatic heterocycles. The van der Waals surface area contributed by atoms with Gasteiger partial charge >= 0.3 is 0 Å². The van der Waals surface area contributed by atoms with Gasteiger partial charge in [-0.25, -0.2) is 4.98 Å². The van der Waals surface area contributed by atoms with Crippen LogP contribution in [0.3, 0.4) is 0 Å². The topological polar surface area (TPSA) is 67.2 Å². The lowest BCUT2D eigenvalue weighted by Gasteiger charge is -2.37. The van der Waals surface area contributed by atoms with Gasteiger partial charge in [-0.05, 0) is 62.4 Å². The van der Waals surface area contributed by atoms with Gasteiger partial charge in [-0.15, -0.1) is 12.4 Å². The number of oxazole rings is 1. The van der Waals surface area contributed by atoms with E-state index in [0.717, 1.165) is 55.3 Å². The highest BCUT2D eigenvalue weighted by atomic mass is 35.5. The summed E-state index contributed by atoms with van der Waals surface area (Å²) in [4.78, 5) is 17.4. The van der Waals surface area contributed by atoms with Crippen LogP contribution in [0.1, 0.15) is 50.3 Å². The lowest BCUT2D eigenvalue weighted by atomic mass is 9.67. The van der Waals surface area contributed by atoms with Gasteiger partial charge in [0.15, 0.2) is 11.7 Å². The largest absolute Gasteiger partial charge is 0.440 e. The predicted octanol–water partition coefficient (Wildman–Crippen LogP) is 4.36. The molecule has 144 valence electrons. The Kier molecular flexibility index (Phi) is 4.99. The number of nitrogens with zero attached hydrogens (tertiary/aromatic N) is 1. The second-order valence-corrected chi connectivity index (χ2v) is 8.10. The van der Waals surface area contributed by atoms with Crippen molar-refractivity contribution in [3.8, 4) is 11.3 Å². The highest BCUT2D eigenvalue weighted by Gasteiger charge is 2.49. The van der Waals surface area contributed by atoms with Crippen LogP contribution in [0.5, 0.6) is 0 Å². The SMILES string of the molecule is Cl.O=C(Nc1ccc(-c2cnc(C3CC3)o2)cc1)[C@@]12CCCC[C@H]1CNC2. The van der Waals surface area contributed by atoms with Gasteiger partial charge < -0.3 is 15.1 Å². The van der Waals surface area contributed by atoms with Gasteiger partial charge in [-0.3, -0.25) is 4.79 Å². The number of hydrogen-bond donors (Lipinski definition) is 2. The molecule has 2 saturated carbocycles. The molecule has 1 aromatic carbocycles. The van der Waals surface area contributed by atoms with E-state index in [4.69, 9.17) is 4.42 Å². The summed E-state index contributed by atoms with van der Waals surface area (Å²) in [6, 6.07) is 7.91. The zero-order chi connectivity index (χ0) is 17.6. The van der Waals surface area contributed by atoms with Crippen molar-refractivity contribution in [1.29, 1.82) is 0 Å². The number of amides is 1. The molecule has 3 aliphatic rings. The molecule has 0 unspecified atom stereocenters. The first-order valence-electron chi connectivity index (χ1n) is 9.83. The summed E-state index contributed by atoms with van der Waals surface area (Å²) < 4.78 is 5.86. The summed E-state index contributed by atoms with van der Waals surface area (Å²) in [5.74, 6) is 2.83. The fourth-order valence-electron chi connectivity index (χ4n) is 4.60. The number of carbonyl (C=O) groups excluding carboxylic acids is 1. The number of nitrogens with one attached hydrogen (secondary N) is 2. The maximum Gasteiger partial charge on any atom is 0.232 e. The molecule has 3 fully saturated rings. The van der Waals surface area contributed by atoms with Crippen molar-refractivity contribution < 1.29 is 9.21 Å². The molecule has 0 radical (unpaired) electrons. The van der Waals surface area contributed by atoms with E-state index in [9.17, 15) is 4.79 Å². The summed E-state index contributed by atoms with van der Waals surface area (Å²) in [6.07, 6.45) is 8.72. The lowest BCUT2D eigenvalue weighted by Crippen LogP contribution is -2.44. The van der Waals surface area contributed by atoms with Crippen LogP contribution in [-0.2, 0) is 4.79 Å². The lowest BCUT2D eigenvalue weighted by molar-refractivity contribution is -0.128. The van der Waals surface area contributed by atoms with Crippen LogP contribution in [-0.4, -0.2) is 24.0 Å². The minimum atomic E-state index is -0.221. The number of benzene rings is 1. The molecule has 27 heavy (non-hydrogen) atoms. The Labute approximate surface area is 165 Å². The molecule has 2 heterocycles. The average Bonchev–Trinajstić information content (AvgIpc) is 3.23. The van der Waals surface area contributed by atoms with E-state index in [2.05, 4.69) is 15.6 Å². The highest BCUT2D eigenvalue weighted by Crippen LogP contribution is 2.44. The Morgan fingerprint density at radius 2 is 2.00 bits per heavy atom. The number of halogens is 1. The Balaban J connectivity index is 0.00000180. The number of hydrogen-bond acceptors (Lipinski definition) is 4. The van der Waals surface area contributed by atoms with Crippen molar-refractivity contribution in [2.45, 2.75) is 44.4 Å². The predicted molar refractivity (Wildman–Crippen MR) is 107 cm³/mol. The quantitative estimate of drug-likeness (QED) is 0.817. The molecule has 5 nitrogen and oxygen atoms in total. The zero-order valence-electron chi connectivity index (χ0n) is 15.4. The molecule has 1 aliphatic heterocycles. The first kappa shape index (κ1) is 18.5. The van der Waals surface area contributed by atoms with Crippen LogP contribution in [0.4, 0.5) is 5.69 Å². The van der Waals surface area contributed by atoms with E-state index < -0.39 is 0 Å². The molecular formula is C21H26ClN3O2. The molecular weight excluding hydrogens is 362 g/mol. The summed E-state index contributed by atoms with van der Waals surface area (Å²) >= 11 is 0. The molecule has 2 atom stereocenters. The molecule has 1 amide bonds. The zero-order valence-corrected chi connectivity index (χ0v) is 16.2. The third kappa shape index (κ3) is 3.39. The van der Waals surface area contributed by atoms with Crippen molar-refractivity contribution in [2.24, 2.45) is 11.3 Å². The normalized spacial score (nSPS) is 26.9. The highest BCUT2D eigenvalue weighted by molar-refractivity contribution is 5.96. The second-order valence-electron chi connectivity index (χ2n) is 8.10. The van der Waals surface area contributed by atoms with Crippen molar-refractivity contribution >= 4 is 24.0 Å². The molecule has 0 spiro atoms. The Morgan fingerprint density at radius 3 is 2.78 bits per heavy atom. The van der Waals surface area contributed by atoms with E-state index in [1.54, 1.807) is 6.20 Å². The summed E-state index contributed by atoms with van der Waals surface area (Å²) in [5.41, 5.74) is 1.63. The number of aromatic nitrogens is 1. The summed E-state index contributed by atoms with van der Waals surface area (Å²) in [6.45, 7) is 1.78. The average molecular weight is 388 g/mol. The van der Waals surface area contributed by atoms with E-state index >= 15 is 0 Å². The molecule has 2 aromatic rings. The van der Waals surface area contributed by atoms with Crippen LogP contribution in [0.2, 0.25) is 0 Å². The maximum atomic E-state index is 13.0. The third-order valence-electron chi connectivity index (χ3n) is 6.37. The van der Waals surface area contributed by atoms with Crippen LogP contribution >= 0.6 is 12.4 Å². The number of rotatable bonds is 4. The molecule has 6 heteroatoms. The monoisotopic (exact) mass is 387 g/mol. The fraction of sp³-hybridized carbons (Fsp3) is 0.524. The summed E-state index contributed by atoms with van der Waals surface area (Å²) in [7, 11) is 0. The molecule has 5 rings (SSSR count). The molecule has 2 N–H and O–H groups in total. The van der Waals surface area contributed by atoms with Crippen molar-refractivity contribution in [2.75, 3.05) is 18.4 Å². The van der Waals surface area contributed by atoms with E-state index in [1.807, 2.05) is 24.3 Å². The van der Waals surface area contributed by atoms with Crippen LogP contribution in [0.15, 0.2) is 34.9 Å². The second kappa shape index (κ2) is 7.28. The number of anilines is 1. The van der Waals surface area contributed by atoms with Gasteiger partial charge in [-0.1, -0.05) is 12.8 Å². The summed E-state index contributed by atoms with van der Waals surface area (Å²) in [5, 5.41) is 6.60.